The van der Waals surface area contributed by atoms with Gasteiger partial charge in [-0.3, -0.25) is 9.52 Å². The van der Waals surface area contributed by atoms with Crippen LogP contribution in [0.25, 0.3) is 0 Å². The highest BCUT2D eigenvalue weighted by molar-refractivity contribution is 7.89. The Hall–Kier alpha value is -0.840. The lowest BCUT2D eigenvalue weighted by Crippen LogP contribution is -2.34. The van der Waals surface area contributed by atoms with Crippen molar-refractivity contribution in [3.63, 3.8) is 0 Å². The minimum absolute atomic E-state index is 0.275. The minimum Gasteiger partial charge on any atom is -0.273 e. The highest BCUT2D eigenvalue weighted by Crippen LogP contribution is 2.16. The first-order chi connectivity index (χ1) is 5.99. The van der Waals surface area contributed by atoms with Gasteiger partial charge in [0.2, 0.25) is 15.9 Å². The van der Waals surface area contributed by atoms with Gasteiger partial charge in [-0.15, -0.1) is 0 Å². The molecular weight excluding hydrogens is 190 g/mol. The molecule has 1 atom stereocenters. The van der Waals surface area contributed by atoms with E-state index in [0.717, 1.165) is 25.5 Å². The summed E-state index contributed by atoms with van der Waals surface area (Å²) in [6, 6.07) is 0. The molecule has 0 aromatic heterocycles. The van der Waals surface area contributed by atoms with Gasteiger partial charge in [-0.05, 0) is 19.3 Å². The quantitative estimate of drug-likeness (QED) is 0.661. The molecule has 0 bridgehead atoms. The number of amides is 1. The number of carbonyl (C=O) groups excluding carboxylic acids is 1. The van der Waals surface area contributed by atoms with Gasteiger partial charge in [0.1, 0.15) is 0 Å². The fraction of sp³-hybridized carbons (Fsp3) is 0.625. The van der Waals surface area contributed by atoms with Crippen molar-refractivity contribution < 1.29 is 13.2 Å². The van der Waals surface area contributed by atoms with Gasteiger partial charge in [-0.1, -0.05) is 12.2 Å². The predicted octanol–water partition coefficient (Wildman–Crippen LogP) is 0.418. The second kappa shape index (κ2) is 3.91. The van der Waals surface area contributed by atoms with E-state index in [1.807, 2.05) is 10.8 Å². The highest BCUT2D eigenvalue weighted by Gasteiger charge is 2.19. The van der Waals surface area contributed by atoms with Crippen LogP contribution in [-0.4, -0.2) is 20.6 Å². The number of carbonyl (C=O) groups is 1. The van der Waals surface area contributed by atoms with Gasteiger partial charge in [0, 0.05) is 0 Å². The standard InChI is InChI=1S/C8H13NO3S/c1-13(11,12)9-8(10)7-5-3-2-4-6-7/h3,5,7H,2,4,6H2,1H3,(H,9,10). The van der Waals surface area contributed by atoms with Crippen LogP contribution in [0.5, 0.6) is 0 Å². The maximum atomic E-state index is 11.3. The summed E-state index contributed by atoms with van der Waals surface area (Å²) in [7, 11) is -3.41. The molecule has 4 nitrogen and oxygen atoms in total. The molecule has 13 heavy (non-hydrogen) atoms. The lowest BCUT2D eigenvalue weighted by Gasteiger charge is -2.14. The van der Waals surface area contributed by atoms with Crippen molar-refractivity contribution in [3.8, 4) is 0 Å². The van der Waals surface area contributed by atoms with E-state index in [0.29, 0.717) is 0 Å². The fourth-order valence-electron chi connectivity index (χ4n) is 1.29. The Bertz CT molecular complexity index is 318. The van der Waals surface area contributed by atoms with Crippen molar-refractivity contribution in [1.82, 2.24) is 4.72 Å². The average molecular weight is 203 g/mol. The Morgan fingerprint density at radius 1 is 1.54 bits per heavy atom. The van der Waals surface area contributed by atoms with Gasteiger partial charge in [-0.2, -0.15) is 0 Å². The Morgan fingerprint density at radius 3 is 2.69 bits per heavy atom. The third-order valence-corrected chi connectivity index (χ3v) is 2.45. The first kappa shape index (κ1) is 10.2. The zero-order valence-corrected chi connectivity index (χ0v) is 8.30. The average Bonchev–Trinajstić information content (AvgIpc) is 2.03. The van der Waals surface area contributed by atoms with Crippen molar-refractivity contribution in [3.05, 3.63) is 12.2 Å². The maximum absolute atomic E-state index is 11.3. The highest BCUT2D eigenvalue weighted by atomic mass is 32.2. The van der Waals surface area contributed by atoms with E-state index in [9.17, 15) is 13.2 Å². The molecule has 0 aliphatic heterocycles. The number of hydrogen-bond donors (Lipinski definition) is 1. The summed E-state index contributed by atoms with van der Waals surface area (Å²) < 4.78 is 23.4. The van der Waals surface area contributed by atoms with Crippen LogP contribution in [0.4, 0.5) is 0 Å². The van der Waals surface area contributed by atoms with Gasteiger partial charge < -0.3 is 0 Å². The summed E-state index contributed by atoms with van der Waals surface area (Å²) in [6.07, 6.45) is 7.32. The van der Waals surface area contributed by atoms with Crippen molar-refractivity contribution in [2.75, 3.05) is 6.26 Å². The Balaban J connectivity index is 2.57. The number of rotatable bonds is 2. The van der Waals surface area contributed by atoms with Crippen LogP contribution in [0.3, 0.4) is 0 Å². The number of sulfonamides is 1. The first-order valence-electron chi connectivity index (χ1n) is 4.17. The summed E-state index contributed by atoms with van der Waals surface area (Å²) in [5.74, 6) is -0.693. The van der Waals surface area contributed by atoms with E-state index >= 15 is 0 Å². The molecule has 0 aromatic rings. The number of hydrogen-bond acceptors (Lipinski definition) is 3. The van der Waals surface area contributed by atoms with Gasteiger partial charge in [0.05, 0.1) is 12.2 Å². The second-order valence-electron chi connectivity index (χ2n) is 3.20. The molecule has 0 spiro atoms. The van der Waals surface area contributed by atoms with E-state index < -0.39 is 15.9 Å². The van der Waals surface area contributed by atoms with Crippen LogP contribution < -0.4 is 4.72 Å². The molecule has 1 unspecified atom stereocenters. The normalized spacial score (nSPS) is 22.7. The van der Waals surface area contributed by atoms with Crippen molar-refractivity contribution in [1.29, 1.82) is 0 Å². The summed E-state index contributed by atoms with van der Waals surface area (Å²) in [4.78, 5) is 11.3. The molecule has 74 valence electrons. The van der Waals surface area contributed by atoms with E-state index in [-0.39, 0.29) is 5.92 Å². The third kappa shape index (κ3) is 3.59. The lowest BCUT2D eigenvalue weighted by molar-refractivity contribution is -0.122. The molecule has 0 radical (unpaired) electrons. The fourth-order valence-corrected chi connectivity index (χ4v) is 1.81. The minimum atomic E-state index is -3.41. The molecule has 0 heterocycles. The SMILES string of the molecule is CS(=O)(=O)NC(=O)C1C=CCCC1. The van der Waals surface area contributed by atoms with E-state index in [1.165, 1.54) is 0 Å². The van der Waals surface area contributed by atoms with Crippen LogP contribution >= 0.6 is 0 Å². The Kier molecular flexibility index (Phi) is 3.08. The van der Waals surface area contributed by atoms with Crippen molar-refractivity contribution in [2.24, 2.45) is 5.92 Å². The molecular formula is C8H13NO3S. The zero-order chi connectivity index (χ0) is 9.90. The summed E-state index contributed by atoms with van der Waals surface area (Å²) >= 11 is 0. The molecule has 1 aliphatic carbocycles. The molecule has 1 amide bonds. The van der Waals surface area contributed by atoms with Crippen LogP contribution in [0.15, 0.2) is 12.2 Å². The molecule has 0 saturated carbocycles. The largest absolute Gasteiger partial charge is 0.273 e. The smallest absolute Gasteiger partial charge is 0.240 e. The summed E-state index contributed by atoms with van der Waals surface area (Å²) in [6.45, 7) is 0. The Labute approximate surface area is 78.1 Å². The van der Waals surface area contributed by atoms with E-state index in [1.54, 1.807) is 6.08 Å². The molecule has 0 fully saturated rings. The van der Waals surface area contributed by atoms with Crippen LogP contribution in [0, 0.1) is 5.92 Å². The van der Waals surface area contributed by atoms with Gasteiger partial charge in [0.25, 0.3) is 0 Å². The van der Waals surface area contributed by atoms with Crippen LogP contribution in [0.2, 0.25) is 0 Å². The number of nitrogens with one attached hydrogen (secondary N) is 1. The van der Waals surface area contributed by atoms with Crippen LogP contribution in [0.1, 0.15) is 19.3 Å². The first-order valence-corrected chi connectivity index (χ1v) is 6.06. The van der Waals surface area contributed by atoms with E-state index in [2.05, 4.69) is 0 Å². The van der Waals surface area contributed by atoms with Gasteiger partial charge in [-0.25, -0.2) is 8.42 Å². The summed E-state index contributed by atoms with van der Waals surface area (Å²) in [5.41, 5.74) is 0. The Morgan fingerprint density at radius 2 is 2.23 bits per heavy atom. The molecule has 1 rings (SSSR count). The number of allylic oxidation sites excluding steroid dienone is 1. The molecule has 0 saturated heterocycles. The maximum Gasteiger partial charge on any atom is 0.240 e. The molecule has 1 aliphatic rings. The molecule has 1 N–H and O–H groups in total. The zero-order valence-electron chi connectivity index (χ0n) is 7.49. The van der Waals surface area contributed by atoms with Gasteiger partial charge >= 0.3 is 0 Å². The molecule has 0 aromatic carbocycles. The third-order valence-electron chi connectivity index (χ3n) is 1.88. The predicted molar refractivity (Wildman–Crippen MR) is 49.5 cm³/mol. The van der Waals surface area contributed by atoms with Crippen molar-refractivity contribution in [2.45, 2.75) is 19.3 Å². The lowest BCUT2D eigenvalue weighted by atomic mass is 9.96. The molecule has 5 heteroatoms. The monoisotopic (exact) mass is 203 g/mol. The topological polar surface area (TPSA) is 63.2 Å². The van der Waals surface area contributed by atoms with Crippen molar-refractivity contribution >= 4 is 15.9 Å². The van der Waals surface area contributed by atoms with E-state index in [4.69, 9.17) is 0 Å². The summed E-state index contributed by atoms with van der Waals surface area (Å²) in [5, 5.41) is 0. The van der Waals surface area contributed by atoms with Crippen LogP contribution in [-0.2, 0) is 14.8 Å². The van der Waals surface area contributed by atoms with Gasteiger partial charge in [0.15, 0.2) is 0 Å². The second-order valence-corrected chi connectivity index (χ2v) is 4.95.